The maximum atomic E-state index is 14.1. The highest BCUT2D eigenvalue weighted by Gasteiger charge is 2.44. The number of carbonyl (C=O) groups excluding carboxylic acids is 6. The number of aliphatic hydroxyl groups excluding tert-OH is 1. The molecular weight excluding hydrogens is 1030 g/mol. The first-order valence-corrected chi connectivity index (χ1v) is 28.3. The zero-order valence-electron chi connectivity index (χ0n) is 42.9. The number of hydrogen-bond donors (Lipinski definition) is 6. The Morgan fingerprint density at radius 3 is 2.13 bits per heavy atom. The van der Waals surface area contributed by atoms with Crippen molar-refractivity contribution in [2.45, 2.75) is 104 Å². The first-order chi connectivity index (χ1) is 36.2. The van der Waals surface area contributed by atoms with Gasteiger partial charge in [-0.05, 0) is 53.5 Å². The molecule has 3 aromatic carbocycles. The van der Waals surface area contributed by atoms with Crippen LogP contribution in [0.3, 0.4) is 0 Å². The summed E-state index contributed by atoms with van der Waals surface area (Å²) in [6.07, 6.45) is 3.63. The molecule has 6 aromatic rings. The molecule has 1 fully saturated rings. The van der Waals surface area contributed by atoms with E-state index in [0.29, 0.717) is 23.7 Å². The minimum absolute atomic E-state index is 0.0333. The number of rotatable bonds is 23. The van der Waals surface area contributed by atoms with Crippen LogP contribution in [0, 0.1) is 12.3 Å². The van der Waals surface area contributed by atoms with Gasteiger partial charge in [-0.15, -0.1) is 22.7 Å². The van der Waals surface area contributed by atoms with Crippen LogP contribution in [-0.4, -0.2) is 111 Å². The second-order valence-electron chi connectivity index (χ2n) is 19.7. The van der Waals surface area contributed by atoms with E-state index in [9.17, 15) is 42.3 Å². The van der Waals surface area contributed by atoms with Gasteiger partial charge in [0, 0.05) is 62.2 Å². The molecular formula is C54H63N9O10S3. The number of ether oxygens (including phenoxy) is 1. The number of hydrogen-bond acceptors (Lipinski definition) is 14. The van der Waals surface area contributed by atoms with Gasteiger partial charge >= 0.3 is 0 Å². The molecule has 0 radical (unpaired) electrons. The van der Waals surface area contributed by atoms with Crippen LogP contribution < -0.4 is 26.6 Å². The van der Waals surface area contributed by atoms with Crippen LogP contribution in [0.2, 0.25) is 0 Å². The SMILES string of the molecule is Cc1ncsc1-c1ccc(CNC(=O)[C@@H]2C[C@@H](O)CN2C(=O)[C@@H](NC(=O)CCCCC(=O)NCc2ccc(COC[C@H](NC(=O)c3ccn(S(C)(=O)=O)c3)C(=O)Nc3nc(-c4ccccc4)cs3)cc2)C(C)(C)C)cc1. The average Bonchev–Trinajstić information content (AvgIpc) is 4.24. The van der Waals surface area contributed by atoms with Crippen LogP contribution in [-0.2, 0) is 58.4 Å². The van der Waals surface area contributed by atoms with Gasteiger partial charge in [-0.25, -0.2) is 18.4 Å². The van der Waals surface area contributed by atoms with E-state index in [0.717, 1.165) is 54.8 Å². The summed E-state index contributed by atoms with van der Waals surface area (Å²) in [5.41, 5.74) is 7.07. The lowest BCUT2D eigenvalue weighted by molar-refractivity contribution is -0.144. The van der Waals surface area contributed by atoms with Crippen molar-refractivity contribution in [1.29, 1.82) is 0 Å². The Kier molecular flexibility index (Phi) is 19.1. The molecule has 0 bridgehead atoms. The molecule has 402 valence electrons. The Morgan fingerprint density at radius 2 is 1.49 bits per heavy atom. The number of amides is 6. The molecule has 1 aliphatic rings. The molecule has 7 rings (SSSR count). The third kappa shape index (κ3) is 15.7. The lowest BCUT2D eigenvalue weighted by Crippen LogP contribution is -2.57. The van der Waals surface area contributed by atoms with Crippen molar-refractivity contribution in [3.8, 4) is 21.7 Å². The third-order valence-corrected chi connectivity index (χ3v) is 15.3. The Balaban J connectivity index is 0.832. The van der Waals surface area contributed by atoms with Crippen LogP contribution in [0.25, 0.3) is 21.7 Å². The topological polar surface area (TPSA) is 260 Å². The highest BCUT2D eigenvalue weighted by molar-refractivity contribution is 7.89. The molecule has 19 nitrogen and oxygen atoms in total. The van der Waals surface area contributed by atoms with Gasteiger partial charge in [-0.2, -0.15) is 0 Å². The fourth-order valence-electron chi connectivity index (χ4n) is 8.33. The second-order valence-corrected chi connectivity index (χ2v) is 23.3. The molecule has 4 heterocycles. The van der Waals surface area contributed by atoms with Gasteiger partial charge in [0.2, 0.25) is 33.7 Å². The van der Waals surface area contributed by atoms with Crippen LogP contribution in [0.4, 0.5) is 5.13 Å². The summed E-state index contributed by atoms with van der Waals surface area (Å²) in [5, 5.41) is 26.8. The third-order valence-electron chi connectivity index (χ3n) is 12.6. The van der Waals surface area contributed by atoms with Gasteiger partial charge in [-0.1, -0.05) is 99.6 Å². The average molecular weight is 1090 g/mol. The van der Waals surface area contributed by atoms with E-state index in [1.807, 2.05) is 107 Å². The number of aliphatic hydroxyl groups is 1. The minimum atomic E-state index is -3.64. The van der Waals surface area contributed by atoms with Crippen molar-refractivity contribution < 1.29 is 47.0 Å². The standard InChI is InChI=1S/C54H63N9O10S3/c1-34-47(75-33-57-34)39-21-19-36(20-22-39)27-56-51(69)44-25-41(64)29-63(44)52(70)48(54(2,3)4)60-46(66)14-10-9-13-45(65)55-26-35-15-17-37(18-16-35)30-73-31-42(58-49(67)40-23-24-62(28-40)76(5,71)72)50(68)61-53-59-43(32-74-53)38-11-7-6-8-12-38/h6-8,11-12,15-24,28,32-33,41-42,44,48,64H,9-10,13-14,25-27,29-31H2,1-5H3,(H,55,65)(H,56,69)(H,58,67)(H,60,66)(H,59,61,68)/t41-,42+,44+,48-/m1/s1. The predicted molar refractivity (Wildman–Crippen MR) is 290 cm³/mol. The number of nitrogens with zero attached hydrogens (tertiary/aromatic N) is 4. The van der Waals surface area contributed by atoms with Gasteiger partial charge in [-0.3, -0.25) is 32.7 Å². The Hall–Kier alpha value is -7.11. The van der Waals surface area contributed by atoms with Crippen LogP contribution in [0.15, 0.2) is 108 Å². The minimum Gasteiger partial charge on any atom is -0.391 e. The van der Waals surface area contributed by atoms with Crippen molar-refractivity contribution in [3.05, 3.63) is 136 Å². The first-order valence-electron chi connectivity index (χ1n) is 24.7. The number of thiazole rings is 2. The van der Waals surface area contributed by atoms with Crippen molar-refractivity contribution >= 4 is 73.3 Å². The summed E-state index contributed by atoms with van der Waals surface area (Å²) >= 11 is 2.78. The summed E-state index contributed by atoms with van der Waals surface area (Å²) in [7, 11) is -3.64. The fourth-order valence-corrected chi connectivity index (χ4v) is 10.5. The number of nitrogens with one attached hydrogen (secondary N) is 5. The van der Waals surface area contributed by atoms with Gasteiger partial charge < -0.3 is 41.3 Å². The summed E-state index contributed by atoms with van der Waals surface area (Å²) in [4.78, 5) is 91.6. The van der Waals surface area contributed by atoms with E-state index in [2.05, 4.69) is 36.6 Å². The van der Waals surface area contributed by atoms with Crippen molar-refractivity contribution in [3.63, 3.8) is 0 Å². The molecule has 6 amide bonds. The zero-order chi connectivity index (χ0) is 54.6. The largest absolute Gasteiger partial charge is 0.391 e. The van der Waals surface area contributed by atoms with Crippen molar-refractivity contribution in [2.24, 2.45) is 5.41 Å². The maximum Gasteiger partial charge on any atom is 0.253 e. The summed E-state index contributed by atoms with van der Waals surface area (Å²) in [6.45, 7) is 7.72. The quantitative estimate of drug-likeness (QED) is 0.0417. The number of likely N-dealkylation sites (tertiary alicyclic amines) is 1. The number of β-amino-alcohol motifs (C(OH)–C–C–N with tert-alkyl or cyclic N) is 1. The molecule has 76 heavy (non-hydrogen) atoms. The summed E-state index contributed by atoms with van der Waals surface area (Å²) in [6, 6.07) is 22.8. The van der Waals surface area contributed by atoms with Gasteiger partial charge in [0.25, 0.3) is 11.8 Å². The molecule has 1 aliphatic heterocycles. The zero-order valence-corrected chi connectivity index (χ0v) is 45.4. The van der Waals surface area contributed by atoms with Gasteiger partial charge in [0.1, 0.15) is 18.1 Å². The number of aromatic nitrogens is 3. The lowest BCUT2D eigenvalue weighted by atomic mass is 9.85. The highest BCUT2D eigenvalue weighted by atomic mass is 32.2. The molecule has 0 aliphatic carbocycles. The van der Waals surface area contributed by atoms with E-state index >= 15 is 0 Å². The number of anilines is 1. The molecule has 0 saturated carbocycles. The van der Waals surface area contributed by atoms with E-state index < -0.39 is 63.3 Å². The van der Waals surface area contributed by atoms with Crippen molar-refractivity contribution in [1.82, 2.24) is 40.1 Å². The Morgan fingerprint density at radius 1 is 0.829 bits per heavy atom. The van der Waals surface area contributed by atoms with E-state index in [1.165, 1.54) is 28.5 Å². The Bertz CT molecular complexity index is 3100. The maximum absolute atomic E-state index is 14.1. The normalized spacial score (nSPS) is 15.4. The molecule has 22 heteroatoms. The number of unbranched alkanes of at least 4 members (excludes halogenated alkanes) is 1. The fraction of sp³-hybridized carbons (Fsp3) is 0.370. The molecule has 1 saturated heterocycles. The smallest absolute Gasteiger partial charge is 0.253 e. The second kappa shape index (κ2) is 25.6. The van der Waals surface area contributed by atoms with E-state index in [4.69, 9.17) is 4.74 Å². The molecule has 0 unspecified atom stereocenters. The number of aryl methyl sites for hydroxylation is 1. The van der Waals surface area contributed by atoms with Crippen LogP contribution in [0.1, 0.15) is 85.6 Å². The molecule has 0 spiro atoms. The molecule has 4 atom stereocenters. The predicted octanol–water partition coefficient (Wildman–Crippen LogP) is 5.79. The van der Waals surface area contributed by atoms with Crippen LogP contribution in [0.5, 0.6) is 0 Å². The summed E-state index contributed by atoms with van der Waals surface area (Å²) in [5.74, 6) is -2.68. The number of carbonyl (C=O) groups is 6. The lowest BCUT2D eigenvalue weighted by Gasteiger charge is -2.35. The highest BCUT2D eigenvalue weighted by Crippen LogP contribution is 2.29. The van der Waals surface area contributed by atoms with Gasteiger partial charge in [0.15, 0.2) is 5.13 Å². The van der Waals surface area contributed by atoms with Crippen LogP contribution >= 0.6 is 22.7 Å². The van der Waals surface area contributed by atoms with E-state index in [-0.39, 0.29) is 69.5 Å². The molecule has 3 aromatic heterocycles. The summed E-state index contributed by atoms with van der Waals surface area (Å²) < 4.78 is 30.8. The van der Waals surface area contributed by atoms with Crippen molar-refractivity contribution in [2.75, 3.05) is 24.7 Å². The Labute approximate surface area is 449 Å². The van der Waals surface area contributed by atoms with E-state index in [1.54, 1.807) is 22.2 Å². The molecule has 6 N–H and O–H groups in total. The number of benzene rings is 3. The first kappa shape index (κ1) is 56.6. The van der Waals surface area contributed by atoms with Gasteiger partial charge in [0.05, 0.1) is 52.9 Å². The monoisotopic (exact) mass is 1090 g/mol.